The molecule has 0 unspecified atom stereocenters. The maximum Gasteiger partial charge on any atom is 0.187 e. The van der Waals surface area contributed by atoms with Gasteiger partial charge in [0.2, 0.25) is 0 Å². The van der Waals surface area contributed by atoms with E-state index >= 15 is 0 Å². The number of aromatic hydroxyl groups is 2. The van der Waals surface area contributed by atoms with Crippen LogP contribution >= 0.6 is 12.2 Å². The minimum Gasteiger partial charge on any atom is -0.508 e. The summed E-state index contributed by atoms with van der Waals surface area (Å²) in [5.41, 5.74) is 3.24. The molecule has 3 aliphatic carbocycles. The number of fused-ring (bicyclic) bond motifs is 5. The molecule has 0 aromatic heterocycles. The van der Waals surface area contributed by atoms with Crippen molar-refractivity contribution >= 4 is 23.5 Å². The van der Waals surface area contributed by atoms with Gasteiger partial charge in [-0.05, 0) is 73.4 Å². The second-order valence-electron chi connectivity index (χ2n) is 6.99. The number of benzene rings is 1. The number of nitrogens with one attached hydrogen (secondary N) is 2. The van der Waals surface area contributed by atoms with Crippen LogP contribution < -0.4 is 10.7 Å². The van der Waals surface area contributed by atoms with Gasteiger partial charge in [0.05, 0.1) is 6.21 Å². The molecule has 0 aliphatic heterocycles. The molecular formula is C18H21N3O2S. The van der Waals surface area contributed by atoms with Crippen LogP contribution in [0.15, 0.2) is 35.5 Å². The Kier molecular flexibility index (Phi) is 3.92. The largest absolute Gasteiger partial charge is 0.508 e. The number of hydrazone groups is 1. The number of rotatable bonds is 3. The predicted octanol–water partition coefficient (Wildman–Crippen LogP) is 2.50. The Morgan fingerprint density at radius 1 is 1.25 bits per heavy atom. The van der Waals surface area contributed by atoms with E-state index in [2.05, 4.69) is 28.0 Å². The fourth-order valence-corrected chi connectivity index (χ4v) is 4.92. The molecule has 0 amide bonds. The zero-order valence-electron chi connectivity index (χ0n) is 13.2. The lowest BCUT2D eigenvalue weighted by molar-refractivity contribution is 0.246. The lowest BCUT2D eigenvalue weighted by Gasteiger charge is -2.32. The third-order valence-corrected chi connectivity index (χ3v) is 5.92. The molecule has 1 aromatic rings. The molecule has 2 saturated carbocycles. The monoisotopic (exact) mass is 343 g/mol. The van der Waals surface area contributed by atoms with Crippen molar-refractivity contribution < 1.29 is 10.2 Å². The SMILES string of the molecule is Oc1ccc(O)c(/C=N\NC(=S)N[C@H]2C[C@@H]3C[C@@H]2[C@H]2C=CC[C@H]32)c1. The zero-order chi connectivity index (χ0) is 16.7. The second-order valence-corrected chi connectivity index (χ2v) is 7.40. The number of phenolic OH excluding ortho intramolecular Hbond substituents is 2. The smallest absolute Gasteiger partial charge is 0.187 e. The van der Waals surface area contributed by atoms with Crippen LogP contribution in [0.2, 0.25) is 0 Å². The van der Waals surface area contributed by atoms with Crippen LogP contribution in [0.5, 0.6) is 11.5 Å². The number of phenols is 2. The zero-order valence-corrected chi connectivity index (χ0v) is 14.0. The third-order valence-electron chi connectivity index (χ3n) is 5.71. The number of allylic oxidation sites excluding steroid dienone is 2. The highest BCUT2D eigenvalue weighted by atomic mass is 32.1. The van der Waals surface area contributed by atoms with Crippen LogP contribution in [0, 0.1) is 23.7 Å². The van der Waals surface area contributed by atoms with Crippen LogP contribution in [-0.2, 0) is 0 Å². The van der Waals surface area contributed by atoms with Gasteiger partial charge >= 0.3 is 0 Å². The molecule has 4 N–H and O–H groups in total. The quantitative estimate of drug-likeness (QED) is 0.223. The van der Waals surface area contributed by atoms with E-state index < -0.39 is 0 Å². The van der Waals surface area contributed by atoms with Gasteiger partial charge in [0.15, 0.2) is 5.11 Å². The Balaban J connectivity index is 1.32. The van der Waals surface area contributed by atoms with Gasteiger partial charge in [-0.25, -0.2) is 0 Å². The van der Waals surface area contributed by atoms with Gasteiger partial charge in [-0.3, -0.25) is 5.43 Å². The minimum atomic E-state index is 0.0596. The van der Waals surface area contributed by atoms with Crippen molar-refractivity contribution in [1.29, 1.82) is 0 Å². The van der Waals surface area contributed by atoms with Crippen LogP contribution in [0.4, 0.5) is 0 Å². The Bertz CT molecular complexity index is 718. The minimum absolute atomic E-state index is 0.0596. The molecule has 2 bridgehead atoms. The highest BCUT2D eigenvalue weighted by Gasteiger charge is 2.52. The molecular weight excluding hydrogens is 322 g/mol. The average Bonchev–Trinajstić information content (AvgIpc) is 3.23. The lowest BCUT2D eigenvalue weighted by atomic mass is 9.79. The van der Waals surface area contributed by atoms with E-state index in [-0.39, 0.29) is 11.5 Å². The van der Waals surface area contributed by atoms with E-state index in [1.54, 1.807) is 0 Å². The topological polar surface area (TPSA) is 76.9 Å². The maximum atomic E-state index is 9.70. The van der Waals surface area contributed by atoms with Crippen molar-refractivity contribution in [3.8, 4) is 11.5 Å². The van der Waals surface area contributed by atoms with Crippen LogP contribution in [0.25, 0.3) is 0 Å². The van der Waals surface area contributed by atoms with Gasteiger partial charge in [0.1, 0.15) is 11.5 Å². The molecule has 24 heavy (non-hydrogen) atoms. The first-order valence-electron chi connectivity index (χ1n) is 8.40. The Morgan fingerprint density at radius 3 is 3.00 bits per heavy atom. The second kappa shape index (κ2) is 6.09. The Hall–Kier alpha value is -2.08. The fourth-order valence-electron chi connectivity index (χ4n) is 4.72. The predicted molar refractivity (Wildman–Crippen MR) is 97.0 cm³/mol. The van der Waals surface area contributed by atoms with Crippen molar-refractivity contribution in [2.24, 2.45) is 28.8 Å². The van der Waals surface area contributed by atoms with Crippen molar-refractivity contribution in [2.75, 3.05) is 0 Å². The summed E-state index contributed by atoms with van der Waals surface area (Å²) in [6, 6.07) is 4.71. The molecule has 5 atom stereocenters. The van der Waals surface area contributed by atoms with Gasteiger partial charge in [-0.2, -0.15) is 5.10 Å². The summed E-state index contributed by atoms with van der Waals surface area (Å²) in [5, 5.41) is 27.1. The molecule has 126 valence electrons. The van der Waals surface area contributed by atoms with Gasteiger partial charge in [-0.1, -0.05) is 12.2 Å². The summed E-state index contributed by atoms with van der Waals surface area (Å²) in [4.78, 5) is 0. The molecule has 4 rings (SSSR count). The van der Waals surface area contributed by atoms with Crippen molar-refractivity contribution in [3.63, 3.8) is 0 Å². The summed E-state index contributed by atoms with van der Waals surface area (Å²) in [7, 11) is 0. The summed E-state index contributed by atoms with van der Waals surface area (Å²) in [6.07, 6.45) is 9.91. The molecule has 0 saturated heterocycles. The van der Waals surface area contributed by atoms with E-state index in [0.29, 0.717) is 22.6 Å². The summed E-state index contributed by atoms with van der Waals surface area (Å²) < 4.78 is 0. The van der Waals surface area contributed by atoms with Crippen LogP contribution in [-0.4, -0.2) is 27.6 Å². The first-order valence-corrected chi connectivity index (χ1v) is 8.81. The molecule has 3 aliphatic rings. The molecule has 0 radical (unpaired) electrons. The molecule has 1 aromatic carbocycles. The van der Waals surface area contributed by atoms with Crippen LogP contribution in [0.3, 0.4) is 0 Å². The first kappa shape index (κ1) is 15.4. The standard InChI is InChI=1S/C18H21N3O2S/c22-12-4-5-17(23)11(6-12)9-19-21-18(24)20-16-8-10-7-15(16)14-3-1-2-13(10)14/h1,3-6,9-10,13-16,22-23H,2,7-8H2,(H2,20,21,24)/b19-9-/t10-,13+,14-,15+,16-/m0/s1. The van der Waals surface area contributed by atoms with Gasteiger partial charge in [0.25, 0.3) is 0 Å². The van der Waals surface area contributed by atoms with Crippen molar-refractivity contribution in [3.05, 3.63) is 35.9 Å². The Morgan fingerprint density at radius 2 is 2.12 bits per heavy atom. The fraction of sp³-hybridized carbons (Fsp3) is 0.444. The third kappa shape index (κ3) is 2.75. The van der Waals surface area contributed by atoms with Gasteiger partial charge in [0, 0.05) is 11.6 Å². The van der Waals surface area contributed by atoms with Crippen molar-refractivity contribution in [2.45, 2.75) is 25.3 Å². The Labute approximate surface area is 146 Å². The number of thiocarbonyl (C=S) groups is 1. The van der Waals surface area contributed by atoms with Gasteiger partial charge < -0.3 is 15.5 Å². The van der Waals surface area contributed by atoms with E-state index in [1.165, 1.54) is 43.7 Å². The van der Waals surface area contributed by atoms with Crippen molar-refractivity contribution in [1.82, 2.24) is 10.7 Å². The van der Waals surface area contributed by atoms with E-state index in [9.17, 15) is 10.2 Å². The van der Waals surface area contributed by atoms with E-state index in [1.807, 2.05) is 0 Å². The van der Waals surface area contributed by atoms with Crippen LogP contribution in [0.1, 0.15) is 24.8 Å². The average molecular weight is 343 g/mol. The molecule has 6 heteroatoms. The summed E-state index contributed by atoms with van der Waals surface area (Å²) in [6.45, 7) is 0. The lowest BCUT2D eigenvalue weighted by Crippen LogP contribution is -2.45. The van der Waals surface area contributed by atoms with E-state index in [0.717, 1.165) is 17.8 Å². The summed E-state index contributed by atoms with van der Waals surface area (Å²) >= 11 is 5.33. The first-order chi connectivity index (χ1) is 11.6. The van der Waals surface area contributed by atoms with E-state index in [4.69, 9.17) is 12.2 Å². The number of nitrogens with zero attached hydrogens (tertiary/aromatic N) is 1. The highest BCUT2D eigenvalue weighted by Crippen LogP contribution is 2.56. The highest BCUT2D eigenvalue weighted by molar-refractivity contribution is 7.80. The maximum absolute atomic E-state index is 9.70. The molecule has 0 heterocycles. The normalized spacial score (nSPS) is 33.1. The molecule has 2 fully saturated rings. The number of hydrogen-bond acceptors (Lipinski definition) is 4. The number of hydrogen-bond donors (Lipinski definition) is 4. The molecule has 5 nitrogen and oxygen atoms in total. The molecule has 0 spiro atoms. The van der Waals surface area contributed by atoms with Gasteiger partial charge in [-0.15, -0.1) is 0 Å². The summed E-state index contributed by atoms with van der Waals surface area (Å²) in [5.74, 6) is 3.22.